The summed E-state index contributed by atoms with van der Waals surface area (Å²) in [5.41, 5.74) is 1.02. The summed E-state index contributed by atoms with van der Waals surface area (Å²) in [7, 11) is 1.49. The van der Waals surface area contributed by atoms with Crippen molar-refractivity contribution in [3.8, 4) is 5.75 Å². The smallest absolute Gasteiger partial charge is 0.336 e. The zero-order valence-electron chi connectivity index (χ0n) is 10.4. The van der Waals surface area contributed by atoms with Crippen molar-refractivity contribution in [3.63, 3.8) is 0 Å². The molecule has 0 aromatic heterocycles. The summed E-state index contributed by atoms with van der Waals surface area (Å²) in [6, 6.07) is 13.4. The summed E-state index contributed by atoms with van der Waals surface area (Å²) < 4.78 is 5.07. The second-order valence-electron chi connectivity index (χ2n) is 4.07. The Kier molecular flexibility index (Phi) is 3.82. The number of carboxylic acid groups (broad SMARTS) is 1. The molecule has 0 heterocycles. The van der Waals surface area contributed by atoms with Gasteiger partial charge in [-0.05, 0) is 23.8 Å². The molecule has 0 aliphatic carbocycles. The predicted octanol–water partition coefficient (Wildman–Crippen LogP) is 2.48. The Morgan fingerprint density at radius 2 is 1.84 bits per heavy atom. The molecule has 4 nitrogen and oxygen atoms in total. The highest BCUT2D eigenvalue weighted by Gasteiger charge is 2.19. The van der Waals surface area contributed by atoms with Gasteiger partial charge < -0.3 is 14.9 Å². The number of carbonyl (C=O) groups is 1. The molecule has 2 N–H and O–H groups in total. The third-order valence-corrected chi connectivity index (χ3v) is 2.90. The number of ether oxygens (including phenoxy) is 1. The topological polar surface area (TPSA) is 66.8 Å². The van der Waals surface area contributed by atoms with Crippen LogP contribution >= 0.6 is 0 Å². The van der Waals surface area contributed by atoms with E-state index in [4.69, 9.17) is 4.74 Å². The number of aliphatic hydroxyl groups excluding tert-OH is 1. The van der Waals surface area contributed by atoms with Crippen molar-refractivity contribution in [2.24, 2.45) is 0 Å². The van der Waals surface area contributed by atoms with E-state index in [-0.39, 0.29) is 5.56 Å². The molecule has 0 saturated heterocycles. The number of aromatic carboxylic acids is 1. The lowest BCUT2D eigenvalue weighted by atomic mass is 9.96. The van der Waals surface area contributed by atoms with Crippen molar-refractivity contribution in [3.05, 3.63) is 65.2 Å². The van der Waals surface area contributed by atoms with Gasteiger partial charge >= 0.3 is 5.97 Å². The molecule has 0 aliphatic rings. The molecular weight excluding hydrogens is 244 g/mol. The number of methoxy groups -OCH3 is 1. The predicted molar refractivity (Wildman–Crippen MR) is 70.5 cm³/mol. The van der Waals surface area contributed by atoms with Crippen LogP contribution < -0.4 is 4.74 Å². The summed E-state index contributed by atoms with van der Waals surface area (Å²) in [6.07, 6.45) is -0.998. The van der Waals surface area contributed by atoms with Crippen molar-refractivity contribution in [2.75, 3.05) is 7.11 Å². The van der Waals surface area contributed by atoms with Crippen LogP contribution in [0.2, 0.25) is 0 Å². The minimum absolute atomic E-state index is 0.0668. The third-order valence-electron chi connectivity index (χ3n) is 2.90. The Morgan fingerprint density at radius 1 is 1.16 bits per heavy atom. The van der Waals surface area contributed by atoms with Gasteiger partial charge in [-0.2, -0.15) is 0 Å². The Labute approximate surface area is 110 Å². The molecule has 2 rings (SSSR count). The normalized spacial score (nSPS) is 11.9. The van der Waals surface area contributed by atoms with Gasteiger partial charge in [-0.25, -0.2) is 4.79 Å². The van der Waals surface area contributed by atoms with E-state index in [0.29, 0.717) is 16.9 Å². The van der Waals surface area contributed by atoms with Crippen LogP contribution in [-0.4, -0.2) is 23.3 Å². The molecule has 0 fully saturated rings. The van der Waals surface area contributed by atoms with Crippen LogP contribution in [0.3, 0.4) is 0 Å². The van der Waals surface area contributed by atoms with Crippen LogP contribution in [0.15, 0.2) is 48.5 Å². The Hall–Kier alpha value is -2.33. The van der Waals surface area contributed by atoms with Gasteiger partial charge in [0.25, 0.3) is 0 Å². The summed E-state index contributed by atoms with van der Waals surface area (Å²) in [6.45, 7) is 0. The van der Waals surface area contributed by atoms with Crippen molar-refractivity contribution < 1.29 is 19.7 Å². The average molecular weight is 258 g/mol. The van der Waals surface area contributed by atoms with Crippen LogP contribution in [0.4, 0.5) is 0 Å². The second kappa shape index (κ2) is 5.54. The monoisotopic (exact) mass is 258 g/mol. The van der Waals surface area contributed by atoms with Crippen LogP contribution in [0, 0.1) is 0 Å². The summed E-state index contributed by atoms with van der Waals surface area (Å²) in [4.78, 5) is 11.2. The first-order valence-corrected chi connectivity index (χ1v) is 5.77. The van der Waals surface area contributed by atoms with Gasteiger partial charge in [0.05, 0.1) is 12.7 Å². The third kappa shape index (κ3) is 2.74. The summed E-state index contributed by atoms with van der Waals surface area (Å²) >= 11 is 0. The molecule has 2 aromatic rings. The molecule has 0 amide bonds. The highest BCUT2D eigenvalue weighted by atomic mass is 16.5. The maximum Gasteiger partial charge on any atom is 0.336 e. The average Bonchev–Trinajstić information content (AvgIpc) is 2.46. The summed E-state index contributed by atoms with van der Waals surface area (Å²) in [5, 5.41) is 19.5. The molecule has 0 radical (unpaired) electrons. The van der Waals surface area contributed by atoms with Crippen LogP contribution in [0.5, 0.6) is 5.75 Å². The number of rotatable bonds is 4. The maximum absolute atomic E-state index is 11.2. The molecule has 0 spiro atoms. The van der Waals surface area contributed by atoms with E-state index in [0.717, 1.165) is 0 Å². The molecule has 0 saturated carbocycles. The lowest BCUT2D eigenvalue weighted by Gasteiger charge is -2.15. The van der Waals surface area contributed by atoms with Gasteiger partial charge in [-0.1, -0.05) is 30.3 Å². The van der Waals surface area contributed by atoms with Gasteiger partial charge in [0.2, 0.25) is 0 Å². The second-order valence-corrected chi connectivity index (χ2v) is 4.07. The molecule has 1 unspecified atom stereocenters. The van der Waals surface area contributed by atoms with Gasteiger partial charge in [-0.15, -0.1) is 0 Å². The Morgan fingerprint density at radius 3 is 2.42 bits per heavy atom. The number of benzene rings is 2. The van der Waals surface area contributed by atoms with Crippen molar-refractivity contribution in [2.45, 2.75) is 6.10 Å². The first kappa shape index (κ1) is 13.1. The van der Waals surface area contributed by atoms with E-state index < -0.39 is 12.1 Å². The molecule has 0 bridgehead atoms. The van der Waals surface area contributed by atoms with Crippen LogP contribution in [0.1, 0.15) is 27.6 Å². The van der Waals surface area contributed by atoms with Crippen LogP contribution in [0.25, 0.3) is 0 Å². The largest absolute Gasteiger partial charge is 0.497 e. The molecular formula is C15H14O4. The van der Waals surface area contributed by atoms with Crippen molar-refractivity contribution in [1.29, 1.82) is 0 Å². The first-order valence-electron chi connectivity index (χ1n) is 5.77. The number of hydrogen-bond acceptors (Lipinski definition) is 3. The molecule has 4 heteroatoms. The molecule has 98 valence electrons. The fraction of sp³-hybridized carbons (Fsp3) is 0.133. The van der Waals surface area contributed by atoms with E-state index in [1.54, 1.807) is 36.4 Å². The summed E-state index contributed by atoms with van der Waals surface area (Å²) in [5.74, 6) is -0.567. The Balaban J connectivity index is 2.50. The lowest BCUT2D eigenvalue weighted by Crippen LogP contribution is -2.08. The quantitative estimate of drug-likeness (QED) is 0.884. The zero-order valence-corrected chi connectivity index (χ0v) is 10.4. The standard InChI is InChI=1S/C15H14O4/c1-19-11-7-8-12(15(17)18)13(9-11)14(16)10-5-3-2-4-6-10/h2-9,14,16H,1H3,(H,17,18). The van der Waals surface area contributed by atoms with E-state index in [2.05, 4.69) is 0 Å². The Bertz CT molecular complexity index is 578. The number of carboxylic acids is 1. The van der Waals surface area contributed by atoms with Crippen molar-refractivity contribution >= 4 is 5.97 Å². The number of aliphatic hydroxyl groups is 1. The molecule has 1 atom stereocenters. The van der Waals surface area contributed by atoms with Crippen molar-refractivity contribution in [1.82, 2.24) is 0 Å². The SMILES string of the molecule is COc1ccc(C(=O)O)c(C(O)c2ccccc2)c1. The van der Waals surface area contributed by atoms with Gasteiger partial charge in [0.15, 0.2) is 0 Å². The van der Waals surface area contributed by atoms with Gasteiger partial charge in [-0.3, -0.25) is 0 Å². The lowest BCUT2D eigenvalue weighted by molar-refractivity contribution is 0.0691. The maximum atomic E-state index is 11.2. The van der Waals surface area contributed by atoms with E-state index in [9.17, 15) is 15.0 Å². The van der Waals surface area contributed by atoms with E-state index >= 15 is 0 Å². The molecule has 19 heavy (non-hydrogen) atoms. The van der Waals surface area contributed by atoms with E-state index in [1.807, 2.05) is 6.07 Å². The fourth-order valence-corrected chi connectivity index (χ4v) is 1.90. The number of hydrogen-bond donors (Lipinski definition) is 2. The van der Waals surface area contributed by atoms with Crippen LogP contribution in [-0.2, 0) is 0 Å². The fourth-order valence-electron chi connectivity index (χ4n) is 1.90. The molecule has 2 aromatic carbocycles. The minimum Gasteiger partial charge on any atom is -0.497 e. The first-order chi connectivity index (χ1) is 9.13. The minimum atomic E-state index is -1.08. The highest BCUT2D eigenvalue weighted by molar-refractivity contribution is 5.90. The molecule has 0 aliphatic heterocycles. The zero-order chi connectivity index (χ0) is 13.8. The van der Waals surface area contributed by atoms with Gasteiger partial charge in [0.1, 0.15) is 11.9 Å². The highest BCUT2D eigenvalue weighted by Crippen LogP contribution is 2.28. The van der Waals surface area contributed by atoms with E-state index in [1.165, 1.54) is 13.2 Å². The van der Waals surface area contributed by atoms with Gasteiger partial charge in [0, 0.05) is 5.56 Å².